The Morgan fingerprint density at radius 1 is 1.03 bits per heavy atom. The zero-order chi connectivity index (χ0) is 22.4. The third-order valence-electron chi connectivity index (χ3n) is 5.29. The predicted molar refractivity (Wildman–Crippen MR) is 117 cm³/mol. The summed E-state index contributed by atoms with van der Waals surface area (Å²) in [6, 6.07) is 12.0. The molecule has 0 bridgehead atoms. The van der Waals surface area contributed by atoms with E-state index in [9.17, 15) is 13.2 Å². The number of anilines is 1. The SMILES string of the molecule is COc1ccc(N(C)C(=O)CCc2ccc(S(=O)(=O)N3CCOCC3)cc2)cc1OC. The number of carbonyl (C=O) groups excluding carboxylic acids is 1. The number of carbonyl (C=O) groups is 1. The van der Waals surface area contributed by atoms with E-state index in [1.165, 1.54) is 4.31 Å². The second kappa shape index (κ2) is 10.1. The van der Waals surface area contributed by atoms with Crippen LogP contribution in [0.3, 0.4) is 0 Å². The number of amides is 1. The second-order valence-corrected chi connectivity index (χ2v) is 9.09. The Morgan fingerprint density at radius 3 is 2.29 bits per heavy atom. The molecule has 31 heavy (non-hydrogen) atoms. The van der Waals surface area contributed by atoms with Crippen LogP contribution in [0, 0.1) is 0 Å². The van der Waals surface area contributed by atoms with Crippen molar-refractivity contribution in [2.75, 3.05) is 52.5 Å². The van der Waals surface area contributed by atoms with Crippen molar-refractivity contribution >= 4 is 21.6 Å². The van der Waals surface area contributed by atoms with Gasteiger partial charge in [-0.2, -0.15) is 4.31 Å². The Balaban J connectivity index is 1.61. The first-order valence-electron chi connectivity index (χ1n) is 10.0. The van der Waals surface area contributed by atoms with Gasteiger partial charge < -0.3 is 19.1 Å². The van der Waals surface area contributed by atoms with Crippen LogP contribution in [-0.2, 0) is 26.0 Å². The van der Waals surface area contributed by atoms with E-state index >= 15 is 0 Å². The Bertz CT molecular complexity index is 1000. The van der Waals surface area contributed by atoms with E-state index in [1.807, 2.05) is 0 Å². The monoisotopic (exact) mass is 448 g/mol. The Hall–Kier alpha value is -2.62. The average molecular weight is 449 g/mol. The molecular formula is C22H28N2O6S. The number of rotatable bonds is 8. The van der Waals surface area contributed by atoms with E-state index in [0.717, 1.165) is 5.56 Å². The molecule has 0 radical (unpaired) electrons. The molecule has 168 valence electrons. The highest BCUT2D eigenvalue weighted by Gasteiger charge is 2.26. The normalized spacial score (nSPS) is 14.8. The summed E-state index contributed by atoms with van der Waals surface area (Å²) in [4.78, 5) is 14.5. The lowest BCUT2D eigenvalue weighted by Crippen LogP contribution is -2.40. The fraction of sp³-hybridized carbons (Fsp3) is 0.409. The maximum absolute atomic E-state index is 12.7. The second-order valence-electron chi connectivity index (χ2n) is 7.15. The molecule has 1 saturated heterocycles. The minimum atomic E-state index is -3.52. The zero-order valence-corrected chi connectivity index (χ0v) is 18.9. The summed E-state index contributed by atoms with van der Waals surface area (Å²) < 4.78 is 42.6. The fourth-order valence-corrected chi connectivity index (χ4v) is 4.77. The van der Waals surface area contributed by atoms with E-state index in [4.69, 9.17) is 14.2 Å². The molecule has 0 aromatic heterocycles. The maximum Gasteiger partial charge on any atom is 0.243 e. The van der Waals surface area contributed by atoms with Crippen LogP contribution in [0.2, 0.25) is 0 Å². The van der Waals surface area contributed by atoms with Gasteiger partial charge in [-0.05, 0) is 36.2 Å². The molecule has 3 rings (SSSR count). The summed E-state index contributed by atoms with van der Waals surface area (Å²) in [7, 11) is 1.30. The first-order valence-corrected chi connectivity index (χ1v) is 11.5. The molecule has 0 N–H and O–H groups in total. The first-order chi connectivity index (χ1) is 14.9. The van der Waals surface area contributed by atoms with Crippen molar-refractivity contribution in [3.8, 4) is 11.5 Å². The quantitative estimate of drug-likeness (QED) is 0.616. The van der Waals surface area contributed by atoms with Gasteiger partial charge in [0.25, 0.3) is 0 Å². The van der Waals surface area contributed by atoms with Crippen molar-refractivity contribution in [1.82, 2.24) is 4.31 Å². The van der Waals surface area contributed by atoms with Gasteiger partial charge in [0.1, 0.15) is 0 Å². The van der Waals surface area contributed by atoms with Crippen LogP contribution in [0.1, 0.15) is 12.0 Å². The molecule has 0 atom stereocenters. The molecule has 8 nitrogen and oxygen atoms in total. The summed E-state index contributed by atoms with van der Waals surface area (Å²) in [5.41, 5.74) is 1.60. The van der Waals surface area contributed by atoms with Crippen molar-refractivity contribution in [3.05, 3.63) is 48.0 Å². The number of nitrogens with zero attached hydrogens (tertiary/aromatic N) is 2. The zero-order valence-electron chi connectivity index (χ0n) is 18.0. The number of sulfonamides is 1. The van der Waals surface area contributed by atoms with Crippen molar-refractivity contribution in [1.29, 1.82) is 0 Å². The first kappa shape index (κ1) is 23.1. The predicted octanol–water partition coefficient (Wildman–Crippen LogP) is 2.32. The molecule has 1 amide bonds. The van der Waals surface area contributed by atoms with Crippen molar-refractivity contribution in [2.24, 2.45) is 0 Å². The van der Waals surface area contributed by atoms with Gasteiger partial charge in [-0.1, -0.05) is 12.1 Å². The molecule has 0 aliphatic carbocycles. The Kier molecular flexibility index (Phi) is 7.53. The molecule has 9 heteroatoms. The summed E-state index contributed by atoms with van der Waals surface area (Å²) in [6.07, 6.45) is 0.800. The smallest absolute Gasteiger partial charge is 0.243 e. The van der Waals surface area contributed by atoms with Gasteiger partial charge in [0.2, 0.25) is 15.9 Å². The Labute approximate surface area is 183 Å². The standard InChI is InChI=1S/C22H28N2O6S/c1-23(18-7-10-20(28-2)21(16-18)29-3)22(25)11-6-17-4-8-19(9-5-17)31(26,27)24-12-14-30-15-13-24/h4-5,7-10,16H,6,11-15H2,1-3H3. The summed E-state index contributed by atoms with van der Waals surface area (Å²) in [6.45, 7) is 1.54. The Morgan fingerprint density at radius 2 is 1.68 bits per heavy atom. The van der Waals surface area contributed by atoms with Gasteiger partial charge in [-0.25, -0.2) is 8.42 Å². The summed E-state index contributed by atoms with van der Waals surface area (Å²) in [5, 5.41) is 0. The molecule has 0 spiro atoms. The lowest BCUT2D eigenvalue weighted by molar-refractivity contribution is -0.118. The van der Waals surface area contributed by atoms with Crippen LogP contribution in [0.4, 0.5) is 5.69 Å². The molecule has 1 heterocycles. The number of aryl methyl sites for hydroxylation is 1. The minimum absolute atomic E-state index is 0.0581. The van der Waals surface area contributed by atoms with Crippen molar-refractivity contribution in [3.63, 3.8) is 0 Å². The van der Waals surface area contributed by atoms with E-state index in [-0.39, 0.29) is 10.8 Å². The van der Waals surface area contributed by atoms with Gasteiger partial charge in [-0.3, -0.25) is 4.79 Å². The van der Waals surface area contributed by atoms with Gasteiger partial charge in [0.15, 0.2) is 11.5 Å². The van der Waals surface area contributed by atoms with E-state index in [1.54, 1.807) is 68.6 Å². The minimum Gasteiger partial charge on any atom is -0.493 e. The maximum atomic E-state index is 12.7. The number of methoxy groups -OCH3 is 2. The van der Waals surface area contributed by atoms with Gasteiger partial charge in [-0.15, -0.1) is 0 Å². The highest BCUT2D eigenvalue weighted by molar-refractivity contribution is 7.89. The summed E-state index contributed by atoms with van der Waals surface area (Å²) >= 11 is 0. The lowest BCUT2D eigenvalue weighted by Gasteiger charge is -2.26. The van der Waals surface area contributed by atoms with Crippen LogP contribution in [0.5, 0.6) is 11.5 Å². The van der Waals surface area contributed by atoms with Crippen molar-refractivity contribution < 1.29 is 27.4 Å². The molecule has 2 aromatic rings. The average Bonchev–Trinajstić information content (AvgIpc) is 2.82. The molecular weight excluding hydrogens is 420 g/mol. The molecule has 1 aliphatic heterocycles. The fourth-order valence-electron chi connectivity index (χ4n) is 3.36. The third kappa shape index (κ3) is 5.36. The van der Waals surface area contributed by atoms with Gasteiger partial charge in [0, 0.05) is 38.3 Å². The molecule has 1 aliphatic rings. The molecule has 1 fully saturated rings. The molecule has 0 unspecified atom stereocenters. The van der Waals surface area contributed by atoms with Crippen molar-refractivity contribution in [2.45, 2.75) is 17.7 Å². The topological polar surface area (TPSA) is 85.4 Å². The summed E-state index contributed by atoms with van der Waals surface area (Å²) in [5.74, 6) is 1.09. The van der Waals surface area contributed by atoms with Gasteiger partial charge >= 0.3 is 0 Å². The van der Waals surface area contributed by atoms with Crippen LogP contribution in [-0.4, -0.2) is 66.2 Å². The highest BCUT2D eigenvalue weighted by Crippen LogP contribution is 2.31. The van der Waals surface area contributed by atoms with E-state index < -0.39 is 10.0 Å². The largest absolute Gasteiger partial charge is 0.493 e. The number of hydrogen-bond acceptors (Lipinski definition) is 6. The van der Waals surface area contributed by atoms with E-state index in [2.05, 4.69) is 0 Å². The number of hydrogen-bond donors (Lipinski definition) is 0. The third-order valence-corrected chi connectivity index (χ3v) is 7.20. The van der Waals surface area contributed by atoms with Crippen LogP contribution in [0.15, 0.2) is 47.4 Å². The number of morpholine rings is 1. The number of ether oxygens (including phenoxy) is 3. The van der Waals surface area contributed by atoms with E-state index in [0.29, 0.717) is 56.3 Å². The lowest BCUT2D eigenvalue weighted by atomic mass is 10.1. The molecule has 2 aromatic carbocycles. The van der Waals surface area contributed by atoms with Gasteiger partial charge in [0.05, 0.1) is 32.3 Å². The molecule has 0 saturated carbocycles. The van der Waals surface area contributed by atoms with Crippen LogP contribution >= 0.6 is 0 Å². The number of benzene rings is 2. The highest BCUT2D eigenvalue weighted by atomic mass is 32.2. The van der Waals surface area contributed by atoms with Crippen LogP contribution in [0.25, 0.3) is 0 Å². The van der Waals surface area contributed by atoms with Crippen LogP contribution < -0.4 is 14.4 Å².